The standard InChI is InChI=1S/C14H22N2O3S/c1-16(8-12-5-10-2-3-11(12)4-10)20(18,19)14-6-13(9-17)15-7-14/h6-7,10-12,15,17H,2-5,8-9H2,1H3. The van der Waals surface area contributed by atoms with Gasteiger partial charge in [-0.05, 0) is 43.1 Å². The van der Waals surface area contributed by atoms with Crippen LogP contribution < -0.4 is 0 Å². The zero-order valence-corrected chi connectivity index (χ0v) is 12.6. The number of fused-ring (bicyclic) bond motifs is 2. The molecule has 0 saturated heterocycles. The molecule has 2 aliphatic rings. The zero-order valence-electron chi connectivity index (χ0n) is 11.7. The quantitative estimate of drug-likeness (QED) is 0.866. The van der Waals surface area contributed by atoms with E-state index in [4.69, 9.17) is 5.11 Å². The van der Waals surface area contributed by atoms with Gasteiger partial charge in [-0.15, -0.1) is 0 Å². The highest BCUT2D eigenvalue weighted by Crippen LogP contribution is 2.48. The van der Waals surface area contributed by atoms with E-state index in [2.05, 4.69) is 4.98 Å². The average Bonchev–Trinajstić information content (AvgIpc) is 3.14. The molecule has 3 unspecified atom stereocenters. The van der Waals surface area contributed by atoms with Crippen LogP contribution in [0, 0.1) is 17.8 Å². The van der Waals surface area contributed by atoms with Gasteiger partial charge in [0.05, 0.1) is 11.5 Å². The minimum Gasteiger partial charge on any atom is -0.390 e. The van der Waals surface area contributed by atoms with Gasteiger partial charge in [-0.2, -0.15) is 0 Å². The van der Waals surface area contributed by atoms with Crippen molar-refractivity contribution >= 4 is 10.0 Å². The lowest BCUT2D eigenvalue weighted by Crippen LogP contribution is -2.33. The third kappa shape index (κ3) is 2.40. The summed E-state index contributed by atoms with van der Waals surface area (Å²) in [5.41, 5.74) is 0.525. The van der Waals surface area contributed by atoms with E-state index in [1.807, 2.05) is 0 Å². The number of hydrogen-bond acceptors (Lipinski definition) is 3. The Balaban J connectivity index is 1.70. The Labute approximate surface area is 120 Å². The summed E-state index contributed by atoms with van der Waals surface area (Å²) in [6.07, 6.45) is 6.52. The van der Waals surface area contributed by atoms with Crippen molar-refractivity contribution in [3.05, 3.63) is 18.0 Å². The van der Waals surface area contributed by atoms with Crippen LogP contribution in [0.15, 0.2) is 17.2 Å². The number of rotatable bonds is 5. The van der Waals surface area contributed by atoms with Crippen LogP contribution in [0.25, 0.3) is 0 Å². The second-order valence-electron chi connectivity index (χ2n) is 6.24. The molecule has 0 radical (unpaired) electrons. The Morgan fingerprint density at radius 3 is 2.75 bits per heavy atom. The normalized spacial score (nSPS) is 29.4. The van der Waals surface area contributed by atoms with Gasteiger partial charge in [-0.1, -0.05) is 6.42 Å². The second kappa shape index (κ2) is 5.16. The minimum atomic E-state index is -3.44. The number of aromatic nitrogens is 1. The maximum atomic E-state index is 12.5. The summed E-state index contributed by atoms with van der Waals surface area (Å²) < 4.78 is 26.4. The Morgan fingerprint density at radius 1 is 1.40 bits per heavy atom. The van der Waals surface area contributed by atoms with Crippen LogP contribution in [0.1, 0.15) is 31.4 Å². The molecule has 6 heteroatoms. The van der Waals surface area contributed by atoms with Crippen molar-refractivity contribution in [1.82, 2.24) is 9.29 Å². The van der Waals surface area contributed by atoms with E-state index in [9.17, 15) is 8.42 Å². The summed E-state index contributed by atoms with van der Waals surface area (Å²) in [7, 11) is -1.78. The predicted octanol–water partition coefficient (Wildman–Crippen LogP) is 1.56. The summed E-state index contributed by atoms with van der Waals surface area (Å²) in [4.78, 5) is 3.02. The van der Waals surface area contributed by atoms with E-state index < -0.39 is 10.0 Å². The van der Waals surface area contributed by atoms with Crippen molar-refractivity contribution in [2.75, 3.05) is 13.6 Å². The van der Waals surface area contributed by atoms with Crippen molar-refractivity contribution in [2.45, 2.75) is 37.2 Å². The largest absolute Gasteiger partial charge is 0.390 e. The van der Waals surface area contributed by atoms with Crippen LogP contribution in [0.2, 0.25) is 0 Å². The average molecular weight is 298 g/mol. The molecule has 3 atom stereocenters. The molecule has 2 N–H and O–H groups in total. The molecule has 5 nitrogen and oxygen atoms in total. The highest BCUT2D eigenvalue weighted by atomic mass is 32.2. The van der Waals surface area contributed by atoms with Crippen LogP contribution in [-0.4, -0.2) is 36.4 Å². The first-order valence-electron chi connectivity index (χ1n) is 7.25. The molecule has 112 valence electrons. The van der Waals surface area contributed by atoms with Gasteiger partial charge in [0.15, 0.2) is 0 Å². The number of H-pyrrole nitrogens is 1. The Hall–Kier alpha value is -0.850. The summed E-state index contributed by atoms with van der Waals surface area (Å²) in [5.74, 6) is 2.07. The SMILES string of the molecule is CN(CC1CC2CCC1C2)S(=O)(=O)c1c[nH]c(CO)c1. The molecule has 0 spiro atoms. The fourth-order valence-corrected chi connectivity index (χ4v) is 5.11. The van der Waals surface area contributed by atoms with E-state index in [0.29, 0.717) is 18.2 Å². The fourth-order valence-electron chi connectivity index (χ4n) is 3.87. The summed E-state index contributed by atoms with van der Waals surface area (Å²) in [5, 5.41) is 9.02. The Morgan fingerprint density at radius 2 is 2.20 bits per heavy atom. The smallest absolute Gasteiger partial charge is 0.244 e. The molecule has 0 aliphatic heterocycles. The molecular formula is C14H22N2O3S. The summed E-state index contributed by atoms with van der Waals surface area (Å²) in [6, 6.07) is 1.51. The minimum absolute atomic E-state index is 0.175. The molecule has 1 aromatic heterocycles. The molecule has 0 amide bonds. The van der Waals surface area contributed by atoms with Crippen LogP contribution in [0.3, 0.4) is 0 Å². The summed E-state index contributed by atoms with van der Waals surface area (Å²) in [6.45, 7) is 0.439. The second-order valence-corrected chi connectivity index (χ2v) is 8.28. The monoisotopic (exact) mass is 298 g/mol. The zero-order chi connectivity index (χ0) is 14.3. The molecule has 2 aliphatic carbocycles. The first-order valence-corrected chi connectivity index (χ1v) is 8.69. The van der Waals surface area contributed by atoms with E-state index in [1.54, 1.807) is 7.05 Å². The molecule has 2 saturated carbocycles. The van der Waals surface area contributed by atoms with Crippen LogP contribution in [0.5, 0.6) is 0 Å². The van der Waals surface area contributed by atoms with Crippen LogP contribution in [-0.2, 0) is 16.6 Å². The number of aromatic amines is 1. The first-order chi connectivity index (χ1) is 9.50. The number of aliphatic hydroxyl groups excluding tert-OH is 1. The van der Waals surface area contributed by atoms with Crippen molar-refractivity contribution < 1.29 is 13.5 Å². The van der Waals surface area contributed by atoms with Gasteiger partial charge in [-0.25, -0.2) is 12.7 Å². The maximum absolute atomic E-state index is 12.5. The number of hydrogen-bond donors (Lipinski definition) is 2. The van der Waals surface area contributed by atoms with Crippen molar-refractivity contribution in [3.8, 4) is 0 Å². The fraction of sp³-hybridized carbons (Fsp3) is 0.714. The molecule has 3 rings (SSSR count). The van der Waals surface area contributed by atoms with Gasteiger partial charge in [0.25, 0.3) is 0 Å². The van der Waals surface area contributed by atoms with Gasteiger partial charge in [-0.3, -0.25) is 0 Å². The van der Waals surface area contributed by atoms with E-state index >= 15 is 0 Å². The van der Waals surface area contributed by atoms with Gasteiger partial charge < -0.3 is 10.1 Å². The molecule has 1 heterocycles. The highest BCUT2D eigenvalue weighted by molar-refractivity contribution is 7.89. The molecule has 0 aromatic carbocycles. The number of nitrogens with zero attached hydrogens (tertiary/aromatic N) is 1. The number of aliphatic hydroxyl groups is 1. The van der Waals surface area contributed by atoms with Gasteiger partial charge in [0.2, 0.25) is 10.0 Å². The van der Waals surface area contributed by atoms with Crippen molar-refractivity contribution in [1.29, 1.82) is 0 Å². The first kappa shape index (κ1) is 14.1. The molecule has 2 fully saturated rings. The molecule has 20 heavy (non-hydrogen) atoms. The van der Waals surface area contributed by atoms with E-state index in [-0.39, 0.29) is 11.5 Å². The maximum Gasteiger partial charge on any atom is 0.244 e. The molecule has 1 aromatic rings. The Kier molecular flexibility index (Phi) is 3.64. The lowest BCUT2D eigenvalue weighted by molar-refractivity contribution is 0.277. The lowest BCUT2D eigenvalue weighted by atomic mass is 9.89. The van der Waals surface area contributed by atoms with E-state index in [0.717, 1.165) is 11.8 Å². The molecular weight excluding hydrogens is 276 g/mol. The van der Waals surface area contributed by atoms with Crippen LogP contribution >= 0.6 is 0 Å². The van der Waals surface area contributed by atoms with Gasteiger partial charge >= 0.3 is 0 Å². The highest BCUT2D eigenvalue weighted by Gasteiger charge is 2.40. The third-order valence-electron chi connectivity index (χ3n) is 4.97. The van der Waals surface area contributed by atoms with Crippen LogP contribution in [0.4, 0.5) is 0 Å². The van der Waals surface area contributed by atoms with E-state index in [1.165, 1.54) is 42.3 Å². The summed E-state index contributed by atoms with van der Waals surface area (Å²) >= 11 is 0. The van der Waals surface area contributed by atoms with Gasteiger partial charge in [0.1, 0.15) is 0 Å². The van der Waals surface area contributed by atoms with Gasteiger partial charge in [0, 0.05) is 25.5 Å². The van der Waals surface area contributed by atoms with Crippen molar-refractivity contribution in [2.24, 2.45) is 17.8 Å². The number of nitrogens with one attached hydrogen (secondary N) is 1. The topological polar surface area (TPSA) is 73.4 Å². The molecule has 2 bridgehead atoms. The van der Waals surface area contributed by atoms with Crippen molar-refractivity contribution in [3.63, 3.8) is 0 Å². The number of sulfonamides is 1. The lowest BCUT2D eigenvalue weighted by Gasteiger charge is -2.26. The predicted molar refractivity (Wildman–Crippen MR) is 75.5 cm³/mol. The third-order valence-corrected chi connectivity index (χ3v) is 6.77. The Bertz CT molecular complexity index is 581.